The Morgan fingerprint density at radius 3 is 1.75 bits per heavy atom. The predicted molar refractivity (Wildman–Crippen MR) is 57.2 cm³/mol. The van der Waals surface area contributed by atoms with Crippen molar-refractivity contribution in [1.29, 1.82) is 0 Å². The molecule has 0 aliphatic carbocycles. The van der Waals surface area contributed by atoms with Crippen molar-refractivity contribution in [1.82, 2.24) is 0 Å². The van der Waals surface area contributed by atoms with E-state index >= 15 is 0 Å². The third kappa shape index (κ3) is 4.84. The summed E-state index contributed by atoms with van der Waals surface area (Å²) in [6, 6.07) is 0. The third-order valence-corrected chi connectivity index (χ3v) is 2.93. The maximum atomic E-state index is 12.6. The minimum atomic E-state index is -5.55. The van der Waals surface area contributed by atoms with Crippen LogP contribution in [-0.2, 0) is 9.53 Å². The molecule has 20 heavy (non-hydrogen) atoms. The lowest BCUT2D eigenvalue weighted by Crippen LogP contribution is -2.58. The van der Waals surface area contributed by atoms with Crippen LogP contribution < -0.4 is 0 Å². The van der Waals surface area contributed by atoms with E-state index in [1.54, 1.807) is 0 Å². The fourth-order valence-corrected chi connectivity index (χ4v) is 1.78. The quantitative estimate of drug-likeness (QED) is 0.546. The summed E-state index contributed by atoms with van der Waals surface area (Å²) in [5.74, 6) is -1.05. The molecule has 0 aromatic heterocycles. The van der Waals surface area contributed by atoms with E-state index in [0.29, 0.717) is 7.11 Å². The van der Waals surface area contributed by atoms with Crippen LogP contribution in [0, 0.1) is 0 Å². The molecule has 0 atom stereocenters. The van der Waals surface area contributed by atoms with E-state index in [2.05, 4.69) is 4.74 Å². The second kappa shape index (κ2) is 7.14. The van der Waals surface area contributed by atoms with Gasteiger partial charge >= 0.3 is 18.3 Å². The van der Waals surface area contributed by atoms with Gasteiger partial charge in [-0.2, -0.15) is 26.3 Å². The Hall–Kier alpha value is -0.990. The van der Waals surface area contributed by atoms with Crippen LogP contribution in [0.1, 0.15) is 38.5 Å². The Kier molecular flexibility index (Phi) is 6.79. The second-order valence-corrected chi connectivity index (χ2v) is 4.33. The van der Waals surface area contributed by atoms with Crippen molar-refractivity contribution >= 4 is 5.97 Å². The number of aliphatic carboxylic acids is 1. The van der Waals surface area contributed by atoms with Crippen molar-refractivity contribution < 1.29 is 41.0 Å². The molecule has 1 N–H and O–H groups in total. The summed E-state index contributed by atoms with van der Waals surface area (Å²) in [7, 11) is 0.380. The average Bonchev–Trinajstić information content (AvgIpc) is 2.24. The average molecular weight is 310 g/mol. The van der Waals surface area contributed by atoms with Crippen molar-refractivity contribution in [2.75, 3.05) is 7.11 Å². The van der Waals surface area contributed by atoms with E-state index in [9.17, 15) is 31.1 Å². The highest BCUT2D eigenvalue weighted by Gasteiger charge is 2.71. The van der Waals surface area contributed by atoms with E-state index in [-0.39, 0.29) is 32.1 Å². The highest BCUT2D eigenvalue weighted by Crippen LogP contribution is 2.48. The van der Waals surface area contributed by atoms with Gasteiger partial charge in [-0.3, -0.25) is 4.79 Å². The van der Waals surface area contributed by atoms with Crippen molar-refractivity contribution in [2.24, 2.45) is 0 Å². The maximum absolute atomic E-state index is 12.6. The zero-order chi connectivity index (χ0) is 16.0. The van der Waals surface area contributed by atoms with E-state index in [1.807, 2.05) is 0 Å². The number of unbranched alkanes of at least 4 members (excludes halogenated alkanes) is 3. The van der Waals surface area contributed by atoms with E-state index in [1.165, 1.54) is 0 Å². The van der Waals surface area contributed by atoms with Crippen LogP contribution >= 0.6 is 0 Å². The van der Waals surface area contributed by atoms with Crippen LogP contribution in [0.5, 0.6) is 0 Å². The molecule has 0 radical (unpaired) electrons. The molecule has 0 spiro atoms. The number of carboxylic acids is 1. The second-order valence-electron chi connectivity index (χ2n) is 4.33. The first kappa shape index (κ1) is 19.0. The number of ether oxygens (including phenoxy) is 1. The Morgan fingerprint density at radius 1 is 0.950 bits per heavy atom. The lowest BCUT2D eigenvalue weighted by molar-refractivity contribution is -0.377. The fraction of sp³-hybridized carbons (Fsp3) is 0.909. The zero-order valence-corrected chi connectivity index (χ0v) is 10.8. The monoisotopic (exact) mass is 310 g/mol. The van der Waals surface area contributed by atoms with Crippen LogP contribution in [0.15, 0.2) is 0 Å². The third-order valence-electron chi connectivity index (χ3n) is 2.93. The van der Waals surface area contributed by atoms with Crippen LogP contribution in [-0.4, -0.2) is 36.1 Å². The maximum Gasteiger partial charge on any atom is 0.426 e. The van der Waals surface area contributed by atoms with Crippen LogP contribution in [0.2, 0.25) is 0 Å². The summed E-state index contributed by atoms with van der Waals surface area (Å²) in [4.78, 5) is 10.2. The van der Waals surface area contributed by atoms with Gasteiger partial charge in [0.05, 0.1) is 0 Å². The van der Waals surface area contributed by atoms with Gasteiger partial charge in [0.1, 0.15) is 0 Å². The molecule has 0 rings (SSSR count). The molecule has 0 heterocycles. The van der Waals surface area contributed by atoms with Crippen LogP contribution in [0.25, 0.3) is 0 Å². The van der Waals surface area contributed by atoms with E-state index in [0.717, 1.165) is 0 Å². The highest BCUT2D eigenvalue weighted by molar-refractivity contribution is 5.66. The lowest BCUT2D eigenvalue weighted by atomic mass is 9.94. The molecule has 0 aromatic rings. The first-order chi connectivity index (χ1) is 8.98. The lowest BCUT2D eigenvalue weighted by Gasteiger charge is -2.35. The molecule has 3 nitrogen and oxygen atoms in total. The first-order valence-electron chi connectivity index (χ1n) is 5.88. The summed E-state index contributed by atoms with van der Waals surface area (Å²) in [5.41, 5.74) is -4.16. The van der Waals surface area contributed by atoms with Gasteiger partial charge in [-0.1, -0.05) is 12.8 Å². The normalized spacial score (nSPS) is 13.6. The van der Waals surface area contributed by atoms with Crippen LogP contribution in [0.3, 0.4) is 0 Å². The number of rotatable bonds is 8. The minimum Gasteiger partial charge on any atom is -0.481 e. The van der Waals surface area contributed by atoms with Gasteiger partial charge in [-0.25, -0.2) is 0 Å². The van der Waals surface area contributed by atoms with Gasteiger partial charge in [-0.15, -0.1) is 0 Å². The molecule has 0 aliphatic heterocycles. The Morgan fingerprint density at radius 2 is 1.40 bits per heavy atom. The van der Waals surface area contributed by atoms with Gasteiger partial charge in [0.25, 0.3) is 5.60 Å². The smallest absolute Gasteiger partial charge is 0.426 e. The predicted octanol–water partition coefficient (Wildman–Crippen LogP) is 3.92. The number of carbonyl (C=O) groups is 1. The number of methoxy groups -OCH3 is 1. The minimum absolute atomic E-state index is 0.0740. The number of alkyl halides is 6. The number of halogens is 6. The largest absolute Gasteiger partial charge is 0.481 e. The standard InChI is InChI=1S/C11H16F6O3/c1-20-9(10(12,13)14,11(15,16)17)7-5-3-2-4-6-8(18)19/h2-7H2,1H3,(H,18,19). The molecule has 0 saturated carbocycles. The molecule has 0 bridgehead atoms. The van der Waals surface area contributed by atoms with E-state index < -0.39 is 30.3 Å². The summed E-state index contributed by atoms with van der Waals surface area (Å²) in [6.07, 6.45) is -12.3. The fourth-order valence-electron chi connectivity index (χ4n) is 1.78. The molecule has 0 saturated heterocycles. The van der Waals surface area contributed by atoms with Gasteiger partial charge < -0.3 is 9.84 Å². The van der Waals surface area contributed by atoms with E-state index in [4.69, 9.17) is 5.11 Å². The summed E-state index contributed by atoms with van der Waals surface area (Å²) >= 11 is 0. The Bertz CT molecular complexity index is 296. The molecule has 0 amide bonds. The highest BCUT2D eigenvalue weighted by atomic mass is 19.4. The van der Waals surface area contributed by atoms with Gasteiger partial charge in [0.15, 0.2) is 0 Å². The molecular weight excluding hydrogens is 294 g/mol. The molecule has 9 heteroatoms. The van der Waals surface area contributed by atoms with Crippen molar-refractivity contribution in [3.63, 3.8) is 0 Å². The summed E-state index contributed by atoms with van der Waals surface area (Å²) in [6.45, 7) is 0. The summed E-state index contributed by atoms with van der Waals surface area (Å²) < 4.78 is 79.5. The van der Waals surface area contributed by atoms with Crippen molar-refractivity contribution in [3.8, 4) is 0 Å². The Labute approximate surface area is 111 Å². The number of hydrogen-bond donors (Lipinski definition) is 1. The molecular formula is C11H16F6O3. The van der Waals surface area contributed by atoms with Gasteiger partial charge in [-0.05, 0) is 19.3 Å². The van der Waals surface area contributed by atoms with Gasteiger partial charge in [0.2, 0.25) is 0 Å². The van der Waals surface area contributed by atoms with Crippen LogP contribution in [0.4, 0.5) is 26.3 Å². The molecule has 0 fully saturated rings. The summed E-state index contributed by atoms with van der Waals surface area (Å²) in [5, 5.41) is 8.33. The number of carboxylic acid groups (broad SMARTS) is 1. The van der Waals surface area contributed by atoms with Gasteiger partial charge in [0, 0.05) is 13.5 Å². The van der Waals surface area contributed by atoms with Crippen molar-refractivity contribution in [3.05, 3.63) is 0 Å². The Balaban J connectivity index is 4.51. The number of hydrogen-bond acceptors (Lipinski definition) is 2. The zero-order valence-electron chi connectivity index (χ0n) is 10.8. The topological polar surface area (TPSA) is 46.5 Å². The molecule has 120 valence electrons. The SMILES string of the molecule is COC(CCCCCCC(=O)O)(C(F)(F)F)C(F)(F)F. The van der Waals surface area contributed by atoms with Crippen molar-refractivity contribution in [2.45, 2.75) is 56.5 Å². The first-order valence-corrected chi connectivity index (χ1v) is 5.88. The molecule has 0 aromatic carbocycles. The molecule has 0 aliphatic rings. The molecule has 0 unspecified atom stereocenters.